The predicted octanol–water partition coefficient (Wildman–Crippen LogP) is 4.76. The number of pyridine rings is 1. The second-order valence-electron chi connectivity index (χ2n) is 7.26. The van der Waals surface area contributed by atoms with Crippen LogP contribution in [0.25, 0.3) is 22.8 Å². The van der Waals surface area contributed by atoms with Gasteiger partial charge in [-0.25, -0.2) is 4.98 Å². The summed E-state index contributed by atoms with van der Waals surface area (Å²) in [6.45, 7) is 6.24. The Kier molecular flexibility index (Phi) is 7.70. The summed E-state index contributed by atoms with van der Waals surface area (Å²) >= 11 is 0. The molecule has 0 aliphatic carbocycles. The molecule has 0 saturated carbocycles. The second kappa shape index (κ2) is 10.7. The number of rotatable bonds is 12. The minimum absolute atomic E-state index is 0.796. The van der Waals surface area contributed by atoms with Crippen molar-refractivity contribution in [2.24, 2.45) is 0 Å². The molecule has 0 aliphatic rings. The molecule has 0 unspecified atom stereocenters. The summed E-state index contributed by atoms with van der Waals surface area (Å²) in [7, 11) is 0. The molecule has 0 saturated heterocycles. The Bertz CT molecular complexity index is 771. The van der Waals surface area contributed by atoms with Crippen molar-refractivity contribution >= 4 is 0 Å². The normalized spacial score (nSPS) is 11.2. The first-order valence-electron chi connectivity index (χ1n) is 10.6. The van der Waals surface area contributed by atoms with Crippen LogP contribution in [-0.4, -0.2) is 35.0 Å². The SMILES string of the molecule is CCCCCCn1cc(-c2cccc(-c3cn(CCCCCC)nn3)n2)nn1. The highest BCUT2D eigenvalue weighted by molar-refractivity contribution is 5.60. The summed E-state index contributed by atoms with van der Waals surface area (Å²) in [6.07, 6.45) is 13.7. The van der Waals surface area contributed by atoms with Crippen molar-refractivity contribution in [3.63, 3.8) is 0 Å². The van der Waals surface area contributed by atoms with Crippen LogP contribution in [-0.2, 0) is 13.1 Å². The monoisotopic (exact) mass is 381 g/mol. The third-order valence-electron chi connectivity index (χ3n) is 4.83. The van der Waals surface area contributed by atoms with E-state index in [0.717, 1.165) is 48.7 Å². The Hall–Kier alpha value is -2.57. The Morgan fingerprint density at radius 3 is 1.61 bits per heavy atom. The lowest BCUT2D eigenvalue weighted by atomic mass is 10.2. The highest BCUT2D eigenvalue weighted by Gasteiger charge is 2.10. The zero-order valence-corrected chi connectivity index (χ0v) is 17.1. The van der Waals surface area contributed by atoms with Crippen LogP contribution in [0.2, 0.25) is 0 Å². The van der Waals surface area contributed by atoms with E-state index in [0.29, 0.717) is 0 Å². The van der Waals surface area contributed by atoms with Gasteiger partial charge in [-0.3, -0.25) is 9.36 Å². The third-order valence-corrected chi connectivity index (χ3v) is 4.83. The maximum atomic E-state index is 4.73. The van der Waals surface area contributed by atoms with Gasteiger partial charge in [0.2, 0.25) is 0 Å². The lowest BCUT2D eigenvalue weighted by Gasteiger charge is -2.00. The first kappa shape index (κ1) is 20.2. The number of hydrogen-bond acceptors (Lipinski definition) is 5. The van der Waals surface area contributed by atoms with E-state index in [9.17, 15) is 0 Å². The summed E-state index contributed by atoms with van der Waals surface area (Å²) < 4.78 is 3.82. The van der Waals surface area contributed by atoms with Crippen molar-refractivity contribution in [2.75, 3.05) is 0 Å². The van der Waals surface area contributed by atoms with Gasteiger partial charge in [0.15, 0.2) is 0 Å². The van der Waals surface area contributed by atoms with E-state index in [-0.39, 0.29) is 0 Å². The molecule has 3 heterocycles. The lowest BCUT2D eigenvalue weighted by Crippen LogP contribution is -1.98. The summed E-state index contributed by atoms with van der Waals surface area (Å²) in [5.41, 5.74) is 3.22. The molecule has 0 spiro atoms. The smallest absolute Gasteiger partial charge is 0.131 e. The molecule has 0 amide bonds. The molecule has 3 rings (SSSR count). The van der Waals surface area contributed by atoms with Crippen LogP contribution >= 0.6 is 0 Å². The molecule has 3 aromatic rings. The molecule has 0 atom stereocenters. The van der Waals surface area contributed by atoms with Crippen LogP contribution in [0.1, 0.15) is 65.2 Å². The molecular formula is C21H31N7. The maximum Gasteiger partial charge on any atom is 0.131 e. The average molecular weight is 382 g/mol. The Morgan fingerprint density at radius 2 is 1.14 bits per heavy atom. The fourth-order valence-corrected chi connectivity index (χ4v) is 3.17. The topological polar surface area (TPSA) is 74.3 Å². The van der Waals surface area contributed by atoms with Crippen LogP contribution in [0.5, 0.6) is 0 Å². The number of hydrogen-bond donors (Lipinski definition) is 0. The largest absolute Gasteiger partial charge is 0.252 e. The molecule has 7 heteroatoms. The zero-order chi connectivity index (χ0) is 19.6. The Labute approximate surface area is 167 Å². The van der Waals surface area contributed by atoms with Crippen LogP contribution in [0, 0.1) is 0 Å². The molecule has 0 fully saturated rings. The van der Waals surface area contributed by atoms with Gasteiger partial charge in [0.25, 0.3) is 0 Å². The van der Waals surface area contributed by atoms with Gasteiger partial charge in [-0.15, -0.1) is 10.2 Å². The van der Waals surface area contributed by atoms with E-state index >= 15 is 0 Å². The van der Waals surface area contributed by atoms with Crippen LogP contribution in [0.15, 0.2) is 30.6 Å². The van der Waals surface area contributed by atoms with Crippen molar-refractivity contribution in [1.82, 2.24) is 35.0 Å². The minimum Gasteiger partial charge on any atom is -0.252 e. The van der Waals surface area contributed by atoms with Crippen molar-refractivity contribution < 1.29 is 0 Å². The second-order valence-corrected chi connectivity index (χ2v) is 7.26. The average Bonchev–Trinajstić information content (AvgIpc) is 3.39. The van der Waals surface area contributed by atoms with Crippen LogP contribution in [0.3, 0.4) is 0 Å². The lowest BCUT2D eigenvalue weighted by molar-refractivity contribution is 0.527. The van der Waals surface area contributed by atoms with E-state index in [2.05, 4.69) is 34.5 Å². The molecule has 0 aromatic carbocycles. The quantitative estimate of drug-likeness (QED) is 0.423. The highest BCUT2D eigenvalue weighted by Crippen LogP contribution is 2.19. The zero-order valence-electron chi connectivity index (χ0n) is 17.1. The van der Waals surface area contributed by atoms with Gasteiger partial charge < -0.3 is 0 Å². The van der Waals surface area contributed by atoms with E-state index in [1.807, 2.05) is 40.0 Å². The van der Waals surface area contributed by atoms with E-state index < -0.39 is 0 Å². The number of nitrogens with zero attached hydrogens (tertiary/aromatic N) is 7. The van der Waals surface area contributed by atoms with E-state index in [4.69, 9.17) is 4.98 Å². The molecule has 28 heavy (non-hydrogen) atoms. The van der Waals surface area contributed by atoms with Crippen molar-refractivity contribution in [3.8, 4) is 22.8 Å². The maximum absolute atomic E-state index is 4.73. The minimum atomic E-state index is 0.796. The third kappa shape index (κ3) is 5.71. The van der Waals surface area contributed by atoms with Gasteiger partial charge in [0.1, 0.15) is 11.4 Å². The predicted molar refractivity (Wildman–Crippen MR) is 111 cm³/mol. The fourth-order valence-electron chi connectivity index (χ4n) is 3.17. The highest BCUT2D eigenvalue weighted by atomic mass is 15.4. The molecule has 0 radical (unpaired) electrons. The fraction of sp³-hybridized carbons (Fsp3) is 0.571. The van der Waals surface area contributed by atoms with Crippen molar-refractivity contribution in [3.05, 3.63) is 30.6 Å². The van der Waals surface area contributed by atoms with E-state index in [1.54, 1.807) is 0 Å². The van der Waals surface area contributed by atoms with Crippen molar-refractivity contribution in [1.29, 1.82) is 0 Å². The summed E-state index contributed by atoms with van der Waals surface area (Å²) in [4.78, 5) is 4.73. The Morgan fingerprint density at radius 1 is 0.643 bits per heavy atom. The van der Waals surface area contributed by atoms with Gasteiger partial charge in [-0.2, -0.15) is 0 Å². The van der Waals surface area contributed by atoms with Crippen LogP contribution in [0.4, 0.5) is 0 Å². The van der Waals surface area contributed by atoms with Crippen LogP contribution < -0.4 is 0 Å². The standard InChI is InChI=1S/C21H31N7/c1-3-5-7-9-14-27-16-20(23-25-27)18-12-11-13-19(22-18)21-17-28(26-24-21)15-10-8-6-4-2/h11-13,16-17H,3-10,14-15H2,1-2H3. The molecule has 7 nitrogen and oxygen atoms in total. The van der Waals surface area contributed by atoms with Gasteiger partial charge >= 0.3 is 0 Å². The number of aryl methyl sites for hydroxylation is 2. The first-order valence-corrected chi connectivity index (χ1v) is 10.6. The van der Waals surface area contributed by atoms with Gasteiger partial charge in [-0.1, -0.05) is 68.9 Å². The number of aromatic nitrogens is 7. The number of unbranched alkanes of at least 4 members (excludes halogenated alkanes) is 6. The van der Waals surface area contributed by atoms with Gasteiger partial charge in [0, 0.05) is 13.1 Å². The molecule has 3 aromatic heterocycles. The van der Waals surface area contributed by atoms with Gasteiger partial charge in [0.05, 0.1) is 23.8 Å². The first-order chi connectivity index (χ1) is 13.8. The molecular weight excluding hydrogens is 350 g/mol. The summed E-state index contributed by atoms with van der Waals surface area (Å²) in [5.74, 6) is 0. The Balaban J connectivity index is 1.63. The molecule has 0 bridgehead atoms. The summed E-state index contributed by atoms with van der Waals surface area (Å²) in [6, 6.07) is 5.91. The van der Waals surface area contributed by atoms with Crippen molar-refractivity contribution in [2.45, 2.75) is 78.3 Å². The van der Waals surface area contributed by atoms with E-state index in [1.165, 1.54) is 38.5 Å². The summed E-state index contributed by atoms with van der Waals surface area (Å²) in [5, 5.41) is 17.1. The molecule has 0 N–H and O–H groups in total. The van der Waals surface area contributed by atoms with Gasteiger partial charge in [-0.05, 0) is 25.0 Å². The molecule has 150 valence electrons. The molecule has 0 aliphatic heterocycles.